The van der Waals surface area contributed by atoms with Gasteiger partial charge in [-0.1, -0.05) is 43.5 Å². The Morgan fingerprint density at radius 1 is 1.03 bits per heavy atom. The summed E-state index contributed by atoms with van der Waals surface area (Å²) in [6.45, 7) is 2.11. The van der Waals surface area contributed by atoms with Crippen molar-refractivity contribution in [2.45, 2.75) is 70.3 Å². The third-order valence-corrected chi connectivity index (χ3v) is 6.59. The van der Waals surface area contributed by atoms with Crippen molar-refractivity contribution < 1.29 is 23.1 Å². The summed E-state index contributed by atoms with van der Waals surface area (Å²) in [5.74, 6) is -0.837. The van der Waals surface area contributed by atoms with E-state index in [4.69, 9.17) is 5.11 Å². The number of alkyl halides is 3. The van der Waals surface area contributed by atoms with Gasteiger partial charge in [-0.15, -0.1) is 0 Å². The molecule has 0 bridgehead atoms. The summed E-state index contributed by atoms with van der Waals surface area (Å²) >= 11 is 0. The van der Waals surface area contributed by atoms with Crippen LogP contribution in [0.2, 0.25) is 0 Å². The zero-order chi connectivity index (χ0) is 22.7. The summed E-state index contributed by atoms with van der Waals surface area (Å²) in [6.07, 6.45) is 0.485. The van der Waals surface area contributed by atoms with Crippen LogP contribution in [0.3, 0.4) is 0 Å². The molecule has 7 heteroatoms. The van der Waals surface area contributed by atoms with Crippen molar-refractivity contribution in [3.63, 3.8) is 0 Å². The van der Waals surface area contributed by atoms with E-state index < -0.39 is 17.7 Å². The summed E-state index contributed by atoms with van der Waals surface area (Å²) in [5.41, 5.74) is 3.83. The highest BCUT2D eigenvalue weighted by Gasteiger charge is 2.36. The lowest BCUT2D eigenvalue weighted by molar-refractivity contribution is -0.138. The van der Waals surface area contributed by atoms with Gasteiger partial charge in [-0.2, -0.15) is 13.2 Å². The zero-order valence-corrected chi connectivity index (χ0v) is 18.0. The number of hydrogen-bond donors (Lipinski definition) is 2. The highest BCUT2D eigenvalue weighted by molar-refractivity contribution is 5.66. The van der Waals surface area contributed by atoms with Gasteiger partial charge in [-0.05, 0) is 53.1 Å². The molecule has 32 heavy (non-hydrogen) atoms. The number of halogens is 3. The van der Waals surface area contributed by atoms with E-state index in [1.165, 1.54) is 6.07 Å². The third kappa shape index (κ3) is 5.26. The van der Waals surface area contributed by atoms with Crippen molar-refractivity contribution in [1.82, 2.24) is 5.32 Å². The molecule has 0 aromatic heterocycles. The van der Waals surface area contributed by atoms with Crippen LogP contribution < -0.4 is 10.2 Å². The Kier molecular flexibility index (Phi) is 6.74. The number of rotatable bonds is 7. The number of hydrogen-bond acceptors (Lipinski definition) is 3. The van der Waals surface area contributed by atoms with Crippen LogP contribution in [-0.4, -0.2) is 17.6 Å². The second-order valence-electron chi connectivity index (χ2n) is 8.88. The fourth-order valence-electron chi connectivity index (χ4n) is 4.92. The predicted molar refractivity (Wildman–Crippen MR) is 118 cm³/mol. The van der Waals surface area contributed by atoms with Crippen LogP contribution in [0.15, 0.2) is 36.4 Å². The number of carbonyl (C=O) groups is 1. The number of nitrogens with one attached hydrogen (secondary N) is 1. The first-order valence-electron chi connectivity index (χ1n) is 11.3. The maximum atomic E-state index is 13.9. The Labute approximate surface area is 186 Å². The topological polar surface area (TPSA) is 52.6 Å². The molecule has 2 aliphatic rings. The zero-order valence-electron chi connectivity index (χ0n) is 18.0. The number of fused-ring (bicyclic) bond motifs is 1. The van der Waals surface area contributed by atoms with E-state index in [0.29, 0.717) is 37.4 Å². The van der Waals surface area contributed by atoms with Crippen molar-refractivity contribution in [2.24, 2.45) is 0 Å². The highest BCUT2D eigenvalue weighted by atomic mass is 19.4. The maximum Gasteiger partial charge on any atom is 0.416 e. The minimum atomic E-state index is -4.36. The first-order chi connectivity index (χ1) is 15.3. The number of carboxylic acid groups (broad SMARTS) is 1. The number of anilines is 1. The number of nitrogens with zero attached hydrogens (tertiary/aromatic N) is 1. The van der Waals surface area contributed by atoms with Gasteiger partial charge < -0.3 is 15.3 Å². The molecular weight excluding hydrogens is 417 g/mol. The largest absolute Gasteiger partial charge is 0.481 e. The molecule has 0 radical (unpaired) electrons. The Hall–Kier alpha value is -2.54. The van der Waals surface area contributed by atoms with Gasteiger partial charge in [0.15, 0.2) is 0 Å². The Morgan fingerprint density at radius 3 is 2.50 bits per heavy atom. The summed E-state index contributed by atoms with van der Waals surface area (Å²) < 4.78 is 41.8. The lowest BCUT2D eigenvalue weighted by Gasteiger charge is -2.27. The SMILES string of the molecule is O=C(O)CCNCc1ccc2c(c1)CN(c1ccc(C3CCCCC3)c(C(F)(F)F)c1)C2. The first-order valence-corrected chi connectivity index (χ1v) is 11.3. The van der Waals surface area contributed by atoms with E-state index in [1.807, 2.05) is 23.1 Å². The lowest BCUT2D eigenvalue weighted by atomic mass is 9.82. The fourth-order valence-corrected chi connectivity index (χ4v) is 4.92. The molecule has 4 rings (SSSR count). The number of carboxylic acids is 1. The van der Waals surface area contributed by atoms with Crippen molar-refractivity contribution in [1.29, 1.82) is 0 Å². The predicted octanol–water partition coefficient (Wildman–Crippen LogP) is 5.84. The van der Waals surface area contributed by atoms with Crippen LogP contribution in [0, 0.1) is 0 Å². The Balaban J connectivity index is 1.49. The third-order valence-electron chi connectivity index (χ3n) is 6.59. The Bertz CT molecular complexity index is 968. The standard InChI is InChI=1S/C25H29F3N2O2/c26-25(27,28)23-13-21(8-9-22(23)18-4-2-1-3-5-18)30-15-19-7-6-17(12-20(19)16-30)14-29-11-10-24(31)32/h6-9,12-13,18,29H,1-5,10-11,14-16H2,(H,31,32). The van der Waals surface area contributed by atoms with Gasteiger partial charge in [-0.25, -0.2) is 0 Å². The molecule has 4 nitrogen and oxygen atoms in total. The van der Waals surface area contributed by atoms with Gasteiger partial charge in [-0.3, -0.25) is 4.79 Å². The molecule has 2 N–H and O–H groups in total. The van der Waals surface area contributed by atoms with Crippen LogP contribution in [0.1, 0.15) is 72.3 Å². The van der Waals surface area contributed by atoms with E-state index >= 15 is 0 Å². The molecule has 0 saturated heterocycles. The van der Waals surface area contributed by atoms with Crippen LogP contribution in [0.4, 0.5) is 18.9 Å². The van der Waals surface area contributed by atoms with Crippen molar-refractivity contribution in [3.05, 3.63) is 64.2 Å². The van der Waals surface area contributed by atoms with Gasteiger partial charge in [0, 0.05) is 31.9 Å². The molecule has 0 spiro atoms. The minimum absolute atomic E-state index is 0.00128. The molecule has 1 heterocycles. The smallest absolute Gasteiger partial charge is 0.416 e. The molecule has 172 valence electrons. The summed E-state index contributed by atoms with van der Waals surface area (Å²) in [6, 6.07) is 11.0. The summed E-state index contributed by atoms with van der Waals surface area (Å²) in [5, 5.41) is 11.8. The molecule has 1 aliphatic heterocycles. The number of benzene rings is 2. The highest BCUT2D eigenvalue weighted by Crippen LogP contribution is 2.43. The first kappa shape index (κ1) is 22.6. The van der Waals surface area contributed by atoms with E-state index in [2.05, 4.69) is 11.4 Å². The molecule has 1 saturated carbocycles. The average Bonchev–Trinajstić information content (AvgIpc) is 3.20. The van der Waals surface area contributed by atoms with Crippen LogP contribution >= 0.6 is 0 Å². The lowest BCUT2D eigenvalue weighted by Crippen LogP contribution is -2.18. The second-order valence-corrected chi connectivity index (χ2v) is 8.88. The van der Waals surface area contributed by atoms with Gasteiger partial charge in [0.2, 0.25) is 0 Å². The maximum absolute atomic E-state index is 13.9. The van der Waals surface area contributed by atoms with Gasteiger partial charge >= 0.3 is 12.1 Å². The molecule has 2 aromatic rings. The molecule has 1 fully saturated rings. The molecular formula is C25H29F3N2O2. The van der Waals surface area contributed by atoms with Gasteiger partial charge in [0.25, 0.3) is 0 Å². The average molecular weight is 447 g/mol. The quantitative estimate of drug-likeness (QED) is 0.525. The van der Waals surface area contributed by atoms with Crippen molar-refractivity contribution >= 4 is 11.7 Å². The number of aliphatic carboxylic acids is 1. The Morgan fingerprint density at radius 2 is 1.78 bits per heavy atom. The van der Waals surface area contributed by atoms with E-state index in [0.717, 1.165) is 48.8 Å². The van der Waals surface area contributed by atoms with Crippen molar-refractivity contribution in [2.75, 3.05) is 11.4 Å². The normalized spacial score (nSPS) is 16.9. The molecule has 0 unspecified atom stereocenters. The second kappa shape index (κ2) is 9.53. The van der Waals surface area contributed by atoms with E-state index in [1.54, 1.807) is 6.07 Å². The fraction of sp³-hybridized carbons (Fsp3) is 0.480. The van der Waals surface area contributed by atoms with Crippen LogP contribution in [0.25, 0.3) is 0 Å². The molecule has 0 atom stereocenters. The minimum Gasteiger partial charge on any atom is -0.481 e. The molecule has 2 aromatic carbocycles. The van der Waals surface area contributed by atoms with Crippen molar-refractivity contribution in [3.8, 4) is 0 Å². The summed E-state index contributed by atoms with van der Waals surface area (Å²) in [4.78, 5) is 12.6. The van der Waals surface area contributed by atoms with Gasteiger partial charge in [0.05, 0.1) is 12.0 Å². The van der Waals surface area contributed by atoms with Crippen LogP contribution in [-0.2, 0) is 30.6 Å². The molecule has 0 amide bonds. The monoisotopic (exact) mass is 446 g/mol. The van der Waals surface area contributed by atoms with E-state index in [-0.39, 0.29) is 12.3 Å². The van der Waals surface area contributed by atoms with E-state index in [9.17, 15) is 18.0 Å². The molecule has 1 aliphatic carbocycles. The van der Waals surface area contributed by atoms with Crippen LogP contribution in [0.5, 0.6) is 0 Å². The summed E-state index contributed by atoms with van der Waals surface area (Å²) in [7, 11) is 0. The van der Waals surface area contributed by atoms with Gasteiger partial charge in [0.1, 0.15) is 0 Å².